The number of aliphatic hydroxyl groups is 1. The van der Waals surface area contributed by atoms with E-state index in [9.17, 15) is 0 Å². The van der Waals surface area contributed by atoms with Crippen molar-refractivity contribution in [3.63, 3.8) is 0 Å². The smallest absolute Gasteiger partial charge is 0.445 e. The Labute approximate surface area is 63.0 Å². The molecule has 0 spiro atoms. The van der Waals surface area contributed by atoms with Crippen LogP contribution in [-0.4, -0.2) is 24.9 Å². The summed E-state index contributed by atoms with van der Waals surface area (Å²) in [5.74, 6) is 0. The maximum atomic E-state index is 8.14. The van der Waals surface area contributed by atoms with E-state index in [0.29, 0.717) is 13.2 Å². The minimum Gasteiger partial charge on any atom is -0.445 e. The third-order valence-corrected chi connectivity index (χ3v) is 0.509. The first kappa shape index (κ1) is 11.4. The molecule has 0 heterocycles. The van der Waals surface area contributed by atoms with Crippen molar-refractivity contribution in [2.45, 2.75) is 0 Å². The zero-order chi connectivity index (χ0) is 5.54. The van der Waals surface area contributed by atoms with Crippen molar-refractivity contribution in [2.75, 3.05) is 19.8 Å². The van der Waals surface area contributed by atoms with E-state index in [4.69, 9.17) is 9.84 Å². The Morgan fingerprint density at radius 1 is 1.62 bits per heavy atom. The van der Waals surface area contributed by atoms with Gasteiger partial charge in [0.05, 0.1) is 0 Å². The van der Waals surface area contributed by atoms with Crippen LogP contribution >= 0.6 is 0 Å². The standard InChI is InChI=1S/C5H10O2.Zn/c1-2-7-5-3-4-6;/h3,6H,1-2,4-5H2;/q-2;+2. The van der Waals surface area contributed by atoms with E-state index in [1.54, 1.807) is 6.42 Å². The monoisotopic (exact) mass is 166 g/mol. The Morgan fingerprint density at radius 3 is 2.62 bits per heavy atom. The van der Waals surface area contributed by atoms with Crippen molar-refractivity contribution in [2.24, 2.45) is 0 Å². The second-order valence-electron chi connectivity index (χ2n) is 1.05. The first-order valence-electron chi connectivity index (χ1n) is 2.21. The molecule has 0 unspecified atom stereocenters. The van der Waals surface area contributed by atoms with E-state index in [1.165, 1.54) is 0 Å². The molecule has 0 fully saturated rings. The average molecular weight is 168 g/mol. The molecule has 0 bridgehead atoms. The van der Waals surface area contributed by atoms with Crippen LogP contribution in [0.3, 0.4) is 0 Å². The molecule has 0 amide bonds. The molecule has 0 atom stereocenters. The molecular weight excluding hydrogens is 157 g/mol. The van der Waals surface area contributed by atoms with Gasteiger partial charge < -0.3 is 16.8 Å². The molecule has 0 aromatic carbocycles. The fourth-order valence-corrected chi connectivity index (χ4v) is 0.219. The normalized spacial score (nSPS) is 8.25. The molecule has 0 radical (unpaired) electrons. The Kier molecular flexibility index (Phi) is 14.9. The molecule has 0 aromatic rings. The molecule has 1 N–H and O–H groups in total. The maximum Gasteiger partial charge on any atom is 2.00 e. The fourth-order valence-electron chi connectivity index (χ4n) is 0.219. The van der Waals surface area contributed by atoms with Crippen LogP contribution in [0.1, 0.15) is 0 Å². The summed E-state index contributed by atoms with van der Waals surface area (Å²) in [5, 5.41) is 8.14. The molecular formula is C5H10O2Zn. The summed E-state index contributed by atoms with van der Waals surface area (Å²) in [7, 11) is 0. The SMILES string of the molecule is [CH2-]COC[CH-]CO.[Zn+2]. The minimum absolute atomic E-state index is 0. The summed E-state index contributed by atoms with van der Waals surface area (Å²) in [4.78, 5) is 0. The van der Waals surface area contributed by atoms with E-state index >= 15 is 0 Å². The molecule has 0 aliphatic carbocycles. The van der Waals surface area contributed by atoms with Crippen LogP contribution in [-0.2, 0) is 24.2 Å². The predicted molar refractivity (Wildman–Crippen MR) is 27.6 cm³/mol. The van der Waals surface area contributed by atoms with Gasteiger partial charge in [-0.3, -0.25) is 6.42 Å². The number of ether oxygens (including phenoxy) is 1. The zero-order valence-corrected chi connectivity index (χ0v) is 7.94. The van der Waals surface area contributed by atoms with Crippen molar-refractivity contribution in [3.8, 4) is 0 Å². The third-order valence-electron chi connectivity index (χ3n) is 0.509. The largest absolute Gasteiger partial charge is 2.00 e. The molecule has 44 valence electrons. The van der Waals surface area contributed by atoms with Crippen molar-refractivity contribution < 1.29 is 29.3 Å². The van der Waals surface area contributed by atoms with Gasteiger partial charge in [-0.15, -0.1) is 0 Å². The quantitative estimate of drug-likeness (QED) is 0.364. The second-order valence-corrected chi connectivity index (χ2v) is 1.05. The van der Waals surface area contributed by atoms with E-state index in [0.717, 1.165) is 0 Å². The average Bonchev–Trinajstić information content (AvgIpc) is 1.69. The number of hydrogen-bond acceptors (Lipinski definition) is 2. The zero-order valence-electron chi connectivity index (χ0n) is 4.97. The van der Waals surface area contributed by atoms with Gasteiger partial charge in [-0.1, -0.05) is 19.8 Å². The van der Waals surface area contributed by atoms with Crippen LogP contribution in [0.15, 0.2) is 0 Å². The van der Waals surface area contributed by atoms with Crippen molar-refractivity contribution in [3.05, 3.63) is 13.3 Å². The number of rotatable bonds is 4. The first-order chi connectivity index (χ1) is 3.41. The molecule has 2 nitrogen and oxygen atoms in total. The van der Waals surface area contributed by atoms with Crippen LogP contribution < -0.4 is 0 Å². The summed E-state index contributed by atoms with van der Waals surface area (Å²) in [6.45, 7) is 4.49. The summed E-state index contributed by atoms with van der Waals surface area (Å²) >= 11 is 0. The summed E-state index contributed by atoms with van der Waals surface area (Å²) in [6.07, 6.45) is 1.63. The van der Waals surface area contributed by atoms with Gasteiger partial charge in [0, 0.05) is 0 Å². The van der Waals surface area contributed by atoms with E-state index in [1.807, 2.05) is 0 Å². The van der Waals surface area contributed by atoms with Crippen LogP contribution in [0, 0.1) is 13.3 Å². The van der Waals surface area contributed by atoms with Gasteiger partial charge in [0.1, 0.15) is 0 Å². The van der Waals surface area contributed by atoms with Crippen molar-refractivity contribution >= 4 is 0 Å². The van der Waals surface area contributed by atoms with Gasteiger partial charge in [0.25, 0.3) is 0 Å². The van der Waals surface area contributed by atoms with Crippen LogP contribution in [0.4, 0.5) is 0 Å². The van der Waals surface area contributed by atoms with Gasteiger partial charge in [-0.2, -0.15) is 0 Å². The van der Waals surface area contributed by atoms with Gasteiger partial charge >= 0.3 is 19.5 Å². The second kappa shape index (κ2) is 10.5. The predicted octanol–water partition coefficient (Wildman–Crippen LogP) is 0.0312. The molecule has 0 aromatic heterocycles. The Balaban J connectivity index is 0. The summed E-state index contributed by atoms with van der Waals surface area (Å²) in [6, 6.07) is 0. The molecule has 0 saturated carbocycles. The third kappa shape index (κ3) is 9.74. The van der Waals surface area contributed by atoms with Crippen molar-refractivity contribution in [1.82, 2.24) is 0 Å². The Hall–Kier alpha value is 0.543. The fraction of sp³-hybridized carbons (Fsp3) is 0.600. The van der Waals surface area contributed by atoms with Gasteiger partial charge in [0.2, 0.25) is 0 Å². The molecule has 0 saturated heterocycles. The van der Waals surface area contributed by atoms with Crippen LogP contribution in [0.25, 0.3) is 0 Å². The van der Waals surface area contributed by atoms with Gasteiger partial charge in [0.15, 0.2) is 0 Å². The molecule has 0 aliphatic rings. The van der Waals surface area contributed by atoms with E-state index in [-0.39, 0.29) is 26.1 Å². The molecule has 3 heteroatoms. The number of aliphatic hydroxyl groups excluding tert-OH is 1. The first-order valence-corrected chi connectivity index (χ1v) is 2.21. The van der Waals surface area contributed by atoms with E-state index < -0.39 is 0 Å². The topological polar surface area (TPSA) is 29.5 Å². The Morgan fingerprint density at radius 2 is 2.25 bits per heavy atom. The van der Waals surface area contributed by atoms with E-state index in [2.05, 4.69) is 6.92 Å². The maximum absolute atomic E-state index is 8.14. The molecule has 8 heavy (non-hydrogen) atoms. The summed E-state index contributed by atoms with van der Waals surface area (Å²) < 4.78 is 4.75. The van der Waals surface area contributed by atoms with Crippen LogP contribution in [0.2, 0.25) is 0 Å². The van der Waals surface area contributed by atoms with Crippen LogP contribution in [0.5, 0.6) is 0 Å². The number of hydrogen-bond donors (Lipinski definition) is 1. The summed E-state index contributed by atoms with van der Waals surface area (Å²) in [5.41, 5.74) is 0. The Bertz CT molecular complexity index is 29.6. The van der Waals surface area contributed by atoms with Gasteiger partial charge in [-0.25, -0.2) is 0 Å². The molecule has 0 rings (SSSR count). The van der Waals surface area contributed by atoms with Crippen molar-refractivity contribution in [1.29, 1.82) is 0 Å². The molecule has 0 aliphatic heterocycles. The van der Waals surface area contributed by atoms with Gasteiger partial charge in [-0.05, 0) is 0 Å². The minimum atomic E-state index is 0.